The summed E-state index contributed by atoms with van der Waals surface area (Å²) >= 11 is 1.87. The zero-order chi connectivity index (χ0) is 17.2. The summed E-state index contributed by atoms with van der Waals surface area (Å²) in [4.78, 5) is 0. The van der Waals surface area contributed by atoms with Gasteiger partial charge in [-0.05, 0) is 25.0 Å². The molecule has 0 saturated heterocycles. The van der Waals surface area contributed by atoms with Crippen molar-refractivity contribution in [2.45, 2.75) is 37.4 Å². The molecule has 0 saturated carbocycles. The Balaban J connectivity index is 1.31. The molecule has 2 aliphatic heterocycles. The lowest BCUT2D eigenvalue weighted by Gasteiger charge is -2.15. The molecule has 4 nitrogen and oxygen atoms in total. The first kappa shape index (κ1) is 16.2. The van der Waals surface area contributed by atoms with Crippen molar-refractivity contribution >= 4 is 23.2 Å². The predicted molar refractivity (Wildman–Crippen MR) is 106 cm³/mol. The van der Waals surface area contributed by atoms with E-state index in [0.717, 1.165) is 24.3 Å². The fraction of sp³-hybridized carbons (Fsp3) is 0.300. The van der Waals surface area contributed by atoms with Crippen LogP contribution in [0.15, 0.2) is 58.7 Å². The lowest BCUT2D eigenvalue weighted by atomic mass is 10.1. The maximum Gasteiger partial charge on any atom is 0.0969 e. The Kier molecular flexibility index (Phi) is 4.49. The number of hydrazone groups is 2. The van der Waals surface area contributed by atoms with Gasteiger partial charge in [0.15, 0.2) is 0 Å². The third kappa shape index (κ3) is 3.71. The molecule has 2 atom stereocenters. The summed E-state index contributed by atoms with van der Waals surface area (Å²) in [5.74, 6) is 0. The van der Waals surface area contributed by atoms with Crippen molar-refractivity contribution in [1.82, 2.24) is 10.9 Å². The summed E-state index contributed by atoms with van der Waals surface area (Å²) in [5.41, 5.74) is 13.8. The van der Waals surface area contributed by atoms with E-state index in [1.807, 2.05) is 11.8 Å². The van der Waals surface area contributed by atoms with Gasteiger partial charge in [-0.3, -0.25) is 10.9 Å². The Morgan fingerprint density at radius 3 is 1.52 bits per heavy atom. The average molecular weight is 350 g/mol. The number of nitrogens with zero attached hydrogens (tertiary/aromatic N) is 2. The number of nitrogens with one attached hydrogen (secondary N) is 2. The van der Waals surface area contributed by atoms with Gasteiger partial charge in [-0.25, -0.2) is 0 Å². The molecule has 0 fully saturated rings. The highest BCUT2D eigenvalue weighted by Gasteiger charge is 2.27. The van der Waals surface area contributed by atoms with Crippen LogP contribution in [0, 0.1) is 13.8 Å². The molecular formula is C20H22N4S. The van der Waals surface area contributed by atoms with Gasteiger partial charge in [-0.2, -0.15) is 10.2 Å². The summed E-state index contributed by atoms with van der Waals surface area (Å²) < 4.78 is 0. The van der Waals surface area contributed by atoms with Gasteiger partial charge in [-0.1, -0.05) is 59.7 Å². The maximum atomic E-state index is 4.53. The molecule has 4 rings (SSSR count). The fourth-order valence-corrected chi connectivity index (χ4v) is 4.18. The molecule has 2 aromatic rings. The molecule has 128 valence electrons. The second-order valence-corrected chi connectivity index (χ2v) is 8.04. The summed E-state index contributed by atoms with van der Waals surface area (Å²) in [6.07, 6.45) is 1.87. The minimum atomic E-state index is 0.293. The van der Waals surface area contributed by atoms with E-state index in [1.165, 1.54) is 22.3 Å². The molecule has 25 heavy (non-hydrogen) atoms. The van der Waals surface area contributed by atoms with Crippen molar-refractivity contribution in [3.63, 3.8) is 0 Å². The molecule has 2 heterocycles. The summed E-state index contributed by atoms with van der Waals surface area (Å²) in [6, 6.07) is 17.1. The molecular weight excluding hydrogens is 328 g/mol. The molecule has 0 aromatic heterocycles. The van der Waals surface area contributed by atoms with Crippen LogP contribution in [0.3, 0.4) is 0 Å². The maximum absolute atomic E-state index is 4.53. The fourth-order valence-electron chi connectivity index (χ4n) is 3.05. The van der Waals surface area contributed by atoms with Crippen LogP contribution in [-0.2, 0) is 0 Å². The predicted octanol–water partition coefficient (Wildman–Crippen LogP) is 3.78. The van der Waals surface area contributed by atoms with Crippen LogP contribution in [0.5, 0.6) is 0 Å². The van der Waals surface area contributed by atoms with E-state index in [-0.39, 0.29) is 0 Å². The highest BCUT2D eigenvalue weighted by atomic mass is 32.2. The Morgan fingerprint density at radius 2 is 1.12 bits per heavy atom. The highest BCUT2D eigenvalue weighted by molar-refractivity contribution is 8.00. The zero-order valence-corrected chi connectivity index (χ0v) is 15.3. The van der Waals surface area contributed by atoms with Crippen molar-refractivity contribution in [2.24, 2.45) is 10.2 Å². The van der Waals surface area contributed by atoms with Crippen molar-refractivity contribution < 1.29 is 0 Å². The van der Waals surface area contributed by atoms with E-state index < -0.39 is 0 Å². The highest BCUT2D eigenvalue weighted by Crippen LogP contribution is 2.28. The second kappa shape index (κ2) is 6.92. The van der Waals surface area contributed by atoms with E-state index in [9.17, 15) is 0 Å². The van der Waals surface area contributed by atoms with E-state index in [2.05, 4.69) is 83.4 Å². The van der Waals surface area contributed by atoms with Gasteiger partial charge in [0.25, 0.3) is 0 Å². The molecule has 5 heteroatoms. The molecule has 2 N–H and O–H groups in total. The molecule has 2 unspecified atom stereocenters. The van der Waals surface area contributed by atoms with Crippen LogP contribution in [0.25, 0.3) is 0 Å². The van der Waals surface area contributed by atoms with Crippen molar-refractivity contribution in [3.8, 4) is 0 Å². The van der Waals surface area contributed by atoms with Gasteiger partial charge >= 0.3 is 0 Å². The second-order valence-electron chi connectivity index (χ2n) is 6.63. The van der Waals surface area contributed by atoms with Gasteiger partial charge in [0.2, 0.25) is 0 Å². The van der Waals surface area contributed by atoms with Gasteiger partial charge in [0.05, 0.1) is 22.2 Å². The van der Waals surface area contributed by atoms with E-state index in [4.69, 9.17) is 0 Å². The monoisotopic (exact) mass is 350 g/mol. The summed E-state index contributed by atoms with van der Waals surface area (Å²) in [6.45, 7) is 4.21. The Bertz CT molecular complexity index is 739. The Labute approximate surface area is 152 Å². The van der Waals surface area contributed by atoms with Crippen LogP contribution in [0.1, 0.15) is 35.1 Å². The first-order valence-electron chi connectivity index (χ1n) is 8.61. The van der Waals surface area contributed by atoms with Crippen LogP contribution in [0.4, 0.5) is 0 Å². The number of benzene rings is 2. The molecule has 0 amide bonds. The third-order valence-corrected chi connectivity index (χ3v) is 5.74. The Hall–Kier alpha value is -2.27. The first-order chi connectivity index (χ1) is 12.2. The minimum Gasteiger partial charge on any atom is -0.296 e. The standard InChI is InChI=1S/C20H22N4S/c1-13-3-7-15(8-4-13)17-11-19(23-21-17)25-20-12-18(22-24-20)16-9-5-14(2)6-10-16/h3-10,19-20,23-24H,11-12H2,1-2H3. The normalized spacial score (nSPS) is 22.2. The lowest BCUT2D eigenvalue weighted by Crippen LogP contribution is -2.24. The molecule has 2 aromatic carbocycles. The van der Waals surface area contributed by atoms with Gasteiger partial charge in [0.1, 0.15) is 0 Å². The SMILES string of the molecule is Cc1ccc(C2=NNC(SC3CC(c4ccc(C)cc4)=NN3)C2)cc1. The first-order valence-corrected chi connectivity index (χ1v) is 9.55. The molecule has 0 radical (unpaired) electrons. The summed E-state index contributed by atoms with van der Waals surface area (Å²) in [5, 5.41) is 9.64. The molecule has 0 bridgehead atoms. The largest absolute Gasteiger partial charge is 0.296 e. The van der Waals surface area contributed by atoms with E-state index in [1.54, 1.807) is 0 Å². The zero-order valence-electron chi connectivity index (χ0n) is 14.5. The van der Waals surface area contributed by atoms with Crippen molar-refractivity contribution in [2.75, 3.05) is 0 Å². The van der Waals surface area contributed by atoms with Crippen molar-refractivity contribution in [1.29, 1.82) is 0 Å². The van der Waals surface area contributed by atoms with Gasteiger partial charge in [0, 0.05) is 12.8 Å². The van der Waals surface area contributed by atoms with Crippen LogP contribution < -0.4 is 10.9 Å². The number of thioether (sulfide) groups is 1. The quantitative estimate of drug-likeness (QED) is 0.882. The van der Waals surface area contributed by atoms with E-state index >= 15 is 0 Å². The van der Waals surface area contributed by atoms with Crippen LogP contribution in [0.2, 0.25) is 0 Å². The van der Waals surface area contributed by atoms with Gasteiger partial charge < -0.3 is 0 Å². The average Bonchev–Trinajstić information content (AvgIpc) is 3.27. The van der Waals surface area contributed by atoms with Gasteiger partial charge in [-0.15, -0.1) is 11.8 Å². The molecule has 2 aliphatic rings. The summed E-state index contributed by atoms with van der Waals surface area (Å²) in [7, 11) is 0. The number of aryl methyl sites for hydroxylation is 2. The van der Waals surface area contributed by atoms with Crippen molar-refractivity contribution in [3.05, 3.63) is 70.8 Å². The molecule has 0 spiro atoms. The number of hydrogen-bond donors (Lipinski definition) is 2. The topological polar surface area (TPSA) is 48.8 Å². The number of hydrogen-bond acceptors (Lipinski definition) is 5. The lowest BCUT2D eigenvalue weighted by molar-refractivity contribution is 0.722. The Morgan fingerprint density at radius 1 is 0.720 bits per heavy atom. The van der Waals surface area contributed by atoms with Crippen LogP contribution in [-0.4, -0.2) is 22.2 Å². The smallest absolute Gasteiger partial charge is 0.0969 e. The number of rotatable bonds is 4. The third-order valence-electron chi connectivity index (χ3n) is 4.54. The van der Waals surface area contributed by atoms with E-state index in [0.29, 0.717) is 10.7 Å². The van der Waals surface area contributed by atoms with Crippen LogP contribution >= 0.6 is 11.8 Å². The molecule has 0 aliphatic carbocycles. The minimum absolute atomic E-state index is 0.293.